The highest BCUT2D eigenvalue weighted by Gasteiger charge is 2.30. The van der Waals surface area contributed by atoms with E-state index in [9.17, 15) is 14.4 Å². The lowest BCUT2D eigenvalue weighted by atomic mass is 10.2. The van der Waals surface area contributed by atoms with Gasteiger partial charge in [-0.1, -0.05) is 11.6 Å². The molecule has 112 valence electrons. The van der Waals surface area contributed by atoms with Crippen LogP contribution in [0.1, 0.15) is 12.5 Å². The molecule has 21 heavy (non-hydrogen) atoms. The Morgan fingerprint density at radius 1 is 1.33 bits per heavy atom. The standard InChI is InChI=1S/C14H15ClN2O4/c1-8-5-10(15)3-4-11(8)21-9(2)14(20)17-6-12(18)16-13(19)7-17/h3-5,9H,6-7H2,1-2H3,(H,16,18,19). The second-order valence-corrected chi connectivity index (χ2v) is 5.27. The van der Waals surface area contributed by atoms with Crippen molar-refractivity contribution in [3.8, 4) is 5.75 Å². The molecule has 1 fully saturated rings. The average Bonchev–Trinajstić information content (AvgIpc) is 2.40. The van der Waals surface area contributed by atoms with Crippen molar-refractivity contribution in [2.24, 2.45) is 0 Å². The number of nitrogens with one attached hydrogen (secondary N) is 1. The molecule has 7 heteroatoms. The van der Waals surface area contributed by atoms with Gasteiger partial charge in [-0.15, -0.1) is 0 Å². The van der Waals surface area contributed by atoms with E-state index in [-0.39, 0.29) is 13.1 Å². The molecule has 1 unspecified atom stereocenters. The first-order valence-electron chi connectivity index (χ1n) is 6.41. The van der Waals surface area contributed by atoms with E-state index in [1.54, 1.807) is 25.1 Å². The largest absolute Gasteiger partial charge is 0.481 e. The number of halogens is 1. The Hall–Kier alpha value is -2.08. The molecule has 0 saturated carbocycles. The van der Waals surface area contributed by atoms with E-state index in [1.807, 2.05) is 6.92 Å². The summed E-state index contributed by atoms with van der Waals surface area (Å²) in [5.74, 6) is -0.857. The van der Waals surface area contributed by atoms with Gasteiger partial charge in [-0.05, 0) is 37.6 Å². The van der Waals surface area contributed by atoms with Crippen molar-refractivity contribution < 1.29 is 19.1 Å². The number of nitrogens with zero attached hydrogens (tertiary/aromatic N) is 1. The third kappa shape index (κ3) is 3.72. The SMILES string of the molecule is Cc1cc(Cl)ccc1OC(C)C(=O)N1CC(=O)NC(=O)C1. The minimum Gasteiger partial charge on any atom is -0.481 e. The molecule has 1 N–H and O–H groups in total. The average molecular weight is 311 g/mol. The Balaban J connectivity index is 2.05. The molecule has 0 radical (unpaired) electrons. The molecule has 0 aliphatic carbocycles. The van der Waals surface area contributed by atoms with E-state index >= 15 is 0 Å². The maximum Gasteiger partial charge on any atom is 0.264 e. The van der Waals surface area contributed by atoms with Crippen LogP contribution in [-0.2, 0) is 14.4 Å². The number of rotatable bonds is 3. The number of carbonyl (C=O) groups excluding carboxylic acids is 3. The van der Waals surface area contributed by atoms with Crippen LogP contribution >= 0.6 is 11.6 Å². The molecule has 1 aromatic carbocycles. The molecule has 0 spiro atoms. The number of hydrogen-bond donors (Lipinski definition) is 1. The van der Waals surface area contributed by atoms with Gasteiger partial charge in [0.15, 0.2) is 6.10 Å². The van der Waals surface area contributed by atoms with Crippen LogP contribution in [0.3, 0.4) is 0 Å². The van der Waals surface area contributed by atoms with Gasteiger partial charge in [-0.2, -0.15) is 0 Å². The molecule has 2 rings (SSSR count). The van der Waals surface area contributed by atoms with Crippen LogP contribution in [0.5, 0.6) is 5.75 Å². The Kier molecular flexibility index (Phi) is 4.47. The zero-order valence-electron chi connectivity index (χ0n) is 11.7. The number of hydrogen-bond acceptors (Lipinski definition) is 4. The summed E-state index contributed by atoms with van der Waals surface area (Å²) in [6, 6.07) is 5.07. The normalized spacial score (nSPS) is 16.4. The van der Waals surface area contributed by atoms with Crippen LogP contribution < -0.4 is 10.1 Å². The van der Waals surface area contributed by atoms with Gasteiger partial charge in [0, 0.05) is 5.02 Å². The van der Waals surface area contributed by atoms with Gasteiger partial charge >= 0.3 is 0 Å². The number of piperazine rings is 1. The van der Waals surface area contributed by atoms with Crippen LogP contribution in [0.4, 0.5) is 0 Å². The van der Waals surface area contributed by atoms with Crippen molar-refractivity contribution in [2.75, 3.05) is 13.1 Å². The van der Waals surface area contributed by atoms with E-state index in [0.717, 1.165) is 5.56 Å². The zero-order chi connectivity index (χ0) is 15.6. The minimum atomic E-state index is -0.802. The van der Waals surface area contributed by atoms with Crippen molar-refractivity contribution in [3.63, 3.8) is 0 Å². The molecular formula is C14H15ClN2O4. The fraction of sp³-hybridized carbons (Fsp3) is 0.357. The number of benzene rings is 1. The molecule has 1 aliphatic heterocycles. The lowest BCUT2D eigenvalue weighted by Gasteiger charge is -2.28. The van der Waals surface area contributed by atoms with Crippen molar-refractivity contribution in [1.29, 1.82) is 0 Å². The van der Waals surface area contributed by atoms with Gasteiger partial charge in [-0.3, -0.25) is 19.7 Å². The predicted octanol–water partition coefficient (Wildman–Crippen LogP) is 0.901. The number of ether oxygens (including phenoxy) is 1. The van der Waals surface area contributed by atoms with Gasteiger partial charge in [-0.25, -0.2) is 0 Å². The summed E-state index contributed by atoms with van der Waals surface area (Å²) in [4.78, 5) is 36.0. The van der Waals surface area contributed by atoms with Gasteiger partial charge in [0.2, 0.25) is 11.8 Å². The summed E-state index contributed by atoms with van der Waals surface area (Å²) >= 11 is 5.86. The third-order valence-electron chi connectivity index (χ3n) is 3.05. The van der Waals surface area contributed by atoms with Crippen molar-refractivity contribution in [1.82, 2.24) is 10.2 Å². The van der Waals surface area contributed by atoms with Crippen molar-refractivity contribution in [3.05, 3.63) is 28.8 Å². The highest BCUT2D eigenvalue weighted by molar-refractivity contribution is 6.30. The van der Waals surface area contributed by atoms with Gasteiger partial charge < -0.3 is 9.64 Å². The first kappa shape index (κ1) is 15.3. The second kappa shape index (κ2) is 6.13. The molecule has 1 saturated heterocycles. The molecule has 3 amide bonds. The van der Waals surface area contributed by atoms with Gasteiger partial charge in [0.05, 0.1) is 0 Å². The summed E-state index contributed by atoms with van der Waals surface area (Å²) in [7, 11) is 0. The lowest BCUT2D eigenvalue weighted by molar-refractivity contribution is -0.148. The van der Waals surface area contributed by atoms with E-state index in [2.05, 4.69) is 5.32 Å². The van der Waals surface area contributed by atoms with Gasteiger partial charge in [0.25, 0.3) is 5.91 Å². The summed E-state index contributed by atoms with van der Waals surface area (Å²) < 4.78 is 5.59. The molecule has 1 aromatic rings. The van der Waals surface area contributed by atoms with Crippen LogP contribution in [-0.4, -0.2) is 41.8 Å². The third-order valence-corrected chi connectivity index (χ3v) is 3.28. The molecule has 0 aromatic heterocycles. The minimum absolute atomic E-state index is 0.141. The summed E-state index contributed by atoms with van der Waals surface area (Å²) in [6.45, 7) is 3.11. The fourth-order valence-corrected chi connectivity index (χ4v) is 2.26. The summed E-state index contributed by atoms with van der Waals surface area (Å²) in [5, 5.41) is 2.72. The van der Waals surface area contributed by atoms with E-state index < -0.39 is 23.8 Å². The Morgan fingerprint density at radius 3 is 2.52 bits per heavy atom. The number of aryl methyl sites for hydroxylation is 1. The Bertz CT molecular complexity index is 587. The number of carbonyl (C=O) groups is 3. The number of amides is 3. The summed E-state index contributed by atoms with van der Waals surface area (Å²) in [5.41, 5.74) is 0.801. The zero-order valence-corrected chi connectivity index (χ0v) is 12.4. The monoisotopic (exact) mass is 310 g/mol. The quantitative estimate of drug-likeness (QED) is 0.842. The Morgan fingerprint density at radius 2 is 1.95 bits per heavy atom. The van der Waals surface area contributed by atoms with E-state index in [0.29, 0.717) is 10.8 Å². The highest BCUT2D eigenvalue weighted by Crippen LogP contribution is 2.23. The maximum absolute atomic E-state index is 12.2. The van der Waals surface area contributed by atoms with Crippen LogP contribution in [0.15, 0.2) is 18.2 Å². The highest BCUT2D eigenvalue weighted by atomic mass is 35.5. The fourth-order valence-electron chi connectivity index (χ4n) is 2.04. The molecule has 6 nitrogen and oxygen atoms in total. The first-order valence-corrected chi connectivity index (χ1v) is 6.79. The van der Waals surface area contributed by atoms with E-state index in [1.165, 1.54) is 4.90 Å². The first-order chi connectivity index (χ1) is 9.86. The van der Waals surface area contributed by atoms with Gasteiger partial charge in [0.1, 0.15) is 18.8 Å². The van der Waals surface area contributed by atoms with Crippen molar-refractivity contribution in [2.45, 2.75) is 20.0 Å². The smallest absolute Gasteiger partial charge is 0.264 e. The molecule has 0 bridgehead atoms. The molecule has 1 heterocycles. The van der Waals surface area contributed by atoms with E-state index in [4.69, 9.17) is 16.3 Å². The van der Waals surface area contributed by atoms with Crippen LogP contribution in [0.2, 0.25) is 5.02 Å². The summed E-state index contributed by atoms with van der Waals surface area (Å²) in [6.07, 6.45) is -0.802. The molecule has 1 aliphatic rings. The van der Waals surface area contributed by atoms with Crippen LogP contribution in [0.25, 0.3) is 0 Å². The predicted molar refractivity (Wildman–Crippen MR) is 76.0 cm³/mol. The van der Waals surface area contributed by atoms with Crippen LogP contribution in [0, 0.1) is 6.92 Å². The maximum atomic E-state index is 12.2. The number of imide groups is 1. The topological polar surface area (TPSA) is 75.7 Å². The lowest BCUT2D eigenvalue weighted by Crippen LogP contribution is -2.55. The Labute approximate surface area is 127 Å². The second-order valence-electron chi connectivity index (χ2n) is 4.84. The molecule has 1 atom stereocenters. The van der Waals surface area contributed by atoms with Crippen molar-refractivity contribution >= 4 is 29.3 Å². The molecular weight excluding hydrogens is 296 g/mol.